The number of aliphatic hydroxyl groups excluding tert-OH is 1. The molecule has 0 aromatic heterocycles. The van der Waals surface area contributed by atoms with Crippen molar-refractivity contribution in [1.82, 2.24) is 4.90 Å². The summed E-state index contributed by atoms with van der Waals surface area (Å²) in [6.45, 7) is 6.64. The van der Waals surface area contributed by atoms with Crippen molar-refractivity contribution in [3.8, 4) is 0 Å². The highest BCUT2D eigenvalue weighted by atomic mass is 35.5. The molecule has 106 valence electrons. The molecule has 3 nitrogen and oxygen atoms in total. The molecule has 1 aliphatic rings. The predicted molar refractivity (Wildman–Crippen MR) is 77.5 cm³/mol. The summed E-state index contributed by atoms with van der Waals surface area (Å²) in [5, 5.41) is 11.0. The number of ether oxygens (including phenoxy) is 1. The molecule has 1 fully saturated rings. The van der Waals surface area contributed by atoms with Gasteiger partial charge >= 0.3 is 0 Å². The Bertz CT molecular complexity index is 396. The summed E-state index contributed by atoms with van der Waals surface area (Å²) in [5.41, 5.74) is 0.914. The van der Waals surface area contributed by atoms with E-state index in [-0.39, 0.29) is 12.2 Å². The quantitative estimate of drug-likeness (QED) is 0.922. The number of morpholine rings is 1. The van der Waals surface area contributed by atoms with Crippen LogP contribution in [0.1, 0.15) is 31.9 Å². The Labute approximate surface area is 120 Å². The van der Waals surface area contributed by atoms with E-state index in [0.29, 0.717) is 11.6 Å². The van der Waals surface area contributed by atoms with Crippen LogP contribution in [0.3, 0.4) is 0 Å². The van der Waals surface area contributed by atoms with E-state index in [0.717, 1.165) is 25.1 Å². The van der Waals surface area contributed by atoms with Gasteiger partial charge in [-0.05, 0) is 31.0 Å². The van der Waals surface area contributed by atoms with E-state index in [2.05, 4.69) is 18.7 Å². The van der Waals surface area contributed by atoms with Gasteiger partial charge in [-0.15, -0.1) is 0 Å². The fourth-order valence-electron chi connectivity index (χ4n) is 2.55. The first-order valence-corrected chi connectivity index (χ1v) is 7.27. The van der Waals surface area contributed by atoms with E-state index in [1.807, 2.05) is 24.3 Å². The molecular weight excluding hydrogens is 262 g/mol. The van der Waals surface area contributed by atoms with Gasteiger partial charge < -0.3 is 9.84 Å². The summed E-state index contributed by atoms with van der Waals surface area (Å²) in [4.78, 5) is 2.28. The van der Waals surface area contributed by atoms with E-state index >= 15 is 0 Å². The zero-order chi connectivity index (χ0) is 13.8. The van der Waals surface area contributed by atoms with Gasteiger partial charge in [0.1, 0.15) is 0 Å². The molecule has 0 amide bonds. The van der Waals surface area contributed by atoms with Crippen molar-refractivity contribution in [1.29, 1.82) is 0 Å². The third-order valence-corrected chi connectivity index (χ3v) is 3.80. The van der Waals surface area contributed by atoms with Crippen LogP contribution in [0.2, 0.25) is 5.02 Å². The fourth-order valence-corrected chi connectivity index (χ4v) is 2.68. The summed E-state index contributed by atoms with van der Waals surface area (Å²) in [6.07, 6.45) is 1.05. The molecule has 2 rings (SSSR count). The van der Waals surface area contributed by atoms with E-state index < -0.39 is 6.10 Å². The van der Waals surface area contributed by atoms with Gasteiger partial charge in [0, 0.05) is 24.7 Å². The van der Waals surface area contributed by atoms with Crippen LogP contribution in [0.25, 0.3) is 0 Å². The van der Waals surface area contributed by atoms with E-state index in [1.165, 1.54) is 0 Å². The Kier molecular flexibility index (Phi) is 5.22. The molecule has 0 radical (unpaired) electrons. The molecule has 0 bridgehead atoms. The van der Waals surface area contributed by atoms with Gasteiger partial charge in [-0.2, -0.15) is 0 Å². The summed E-state index contributed by atoms with van der Waals surface area (Å²) in [7, 11) is 0. The summed E-state index contributed by atoms with van der Waals surface area (Å²) in [6, 6.07) is 7.40. The summed E-state index contributed by atoms with van der Waals surface area (Å²) in [5.74, 6) is 0. The maximum atomic E-state index is 10.3. The molecule has 3 atom stereocenters. The second kappa shape index (κ2) is 6.71. The molecule has 1 saturated heterocycles. The smallest absolute Gasteiger partial charge is 0.0916 e. The SMILES string of the molecule is CCC1CN(CC(O)c2ccc(Cl)cc2)CC(C)O1. The number of halogens is 1. The maximum absolute atomic E-state index is 10.3. The van der Waals surface area contributed by atoms with Crippen molar-refractivity contribution in [2.45, 2.75) is 38.6 Å². The number of hydrogen-bond donors (Lipinski definition) is 1. The third-order valence-electron chi connectivity index (χ3n) is 3.54. The molecule has 4 heteroatoms. The zero-order valence-corrected chi connectivity index (χ0v) is 12.3. The molecule has 0 aliphatic carbocycles. The molecule has 1 heterocycles. The van der Waals surface area contributed by atoms with Crippen molar-refractivity contribution < 1.29 is 9.84 Å². The van der Waals surface area contributed by atoms with Crippen molar-refractivity contribution >= 4 is 11.6 Å². The van der Waals surface area contributed by atoms with Crippen molar-refractivity contribution in [2.75, 3.05) is 19.6 Å². The largest absolute Gasteiger partial charge is 0.387 e. The Morgan fingerprint density at radius 2 is 2.05 bits per heavy atom. The normalized spacial score (nSPS) is 26.3. The standard InChI is InChI=1S/C15H22ClNO2/c1-3-14-9-17(8-11(2)19-14)10-15(18)12-4-6-13(16)7-5-12/h4-7,11,14-15,18H,3,8-10H2,1-2H3. The topological polar surface area (TPSA) is 32.7 Å². The van der Waals surface area contributed by atoms with Gasteiger partial charge in [0.2, 0.25) is 0 Å². The van der Waals surface area contributed by atoms with Crippen LogP contribution in [0.15, 0.2) is 24.3 Å². The molecule has 1 aromatic rings. The summed E-state index contributed by atoms with van der Waals surface area (Å²) < 4.78 is 5.83. The van der Waals surface area contributed by atoms with Crippen molar-refractivity contribution in [2.24, 2.45) is 0 Å². The number of rotatable bonds is 4. The van der Waals surface area contributed by atoms with Crippen LogP contribution in [0, 0.1) is 0 Å². The predicted octanol–water partition coefficient (Wildman–Crippen LogP) is 2.87. The number of aliphatic hydroxyl groups is 1. The van der Waals surface area contributed by atoms with Crippen LogP contribution in [0.5, 0.6) is 0 Å². The number of nitrogens with zero attached hydrogens (tertiary/aromatic N) is 1. The molecule has 1 aliphatic heterocycles. The average Bonchev–Trinajstić information content (AvgIpc) is 2.38. The third kappa shape index (κ3) is 4.18. The Hall–Kier alpha value is -0.610. The van der Waals surface area contributed by atoms with E-state index in [9.17, 15) is 5.11 Å². The van der Waals surface area contributed by atoms with Gasteiger partial charge in [0.15, 0.2) is 0 Å². The van der Waals surface area contributed by atoms with Crippen molar-refractivity contribution in [3.05, 3.63) is 34.9 Å². The monoisotopic (exact) mass is 283 g/mol. The van der Waals surface area contributed by atoms with Crippen LogP contribution in [-0.4, -0.2) is 41.8 Å². The first kappa shape index (κ1) is 14.8. The van der Waals surface area contributed by atoms with Gasteiger partial charge in [0.05, 0.1) is 18.3 Å². The zero-order valence-electron chi connectivity index (χ0n) is 11.6. The van der Waals surface area contributed by atoms with Crippen LogP contribution >= 0.6 is 11.6 Å². The fraction of sp³-hybridized carbons (Fsp3) is 0.600. The molecule has 1 aromatic carbocycles. The highest BCUT2D eigenvalue weighted by Gasteiger charge is 2.25. The Morgan fingerprint density at radius 3 is 2.68 bits per heavy atom. The Balaban J connectivity index is 1.94. The lowest BCUT2D eigenvalue weighted by atomic mass is 10.1. The molecule has 0 saturated carbocycles. The lowest BCUT2D eigenvalue weighted by molar-refractivity contribution is -0.0856. The number of benzene rings is 1. The average molecular weight is 284 g/mol. The number of hydrogen-bond acceptors (Lipinski definition) is 3. The van der Waals surface area contributed by atoms with Crippen LogP contribution in [0.4, 0.5) is 0 Å². The van der Waals surface area contributed by atoms with Gasteiger partial charge in [-0.3, -0.25) is 4.90 Å². The highest BCUT2D eigenvalue weighted by Crippen LogP contribution is 2.20. The second-order valence-electron chi connectivity index (χ2n) is 5.26. The van der Waals surface area contributed by atoms with E-state index in [1.54, 1.807) is 0 Å². The first-order valence-electron chi connectivity index (χ1n) is 6.89. The molecular formula is C15H22ClNO2. The molecule has 1 N–H and O–H groups in total. The van der Waals surface area contributed by atoms with Gasteiger partial charge in [0.25, 0.3) is 0 Å². The van der Waals surface area contributed by atoms with Crippen LogP contribution in [-0.2, 0) is 4.74 Å². The number of β-amino-alcohol motifs (C(OH)–C–C–N with tert-alkyl or cyclic N) is 1. The minimum atomic E-state index is -0.472. The lowest BCUT2D eigenvalue weighted by Gasteiger charge is -2.37. The van der Waals surface area contributed by atoms with Gasteiger partial charge in [-0.25, -0.2) is 0 Å². The minimum absolute atomic E-state index is 0.233. The minimum Gasteiger partial charge on any atom is -0.387 e. The van der Waals surface area contributed by atoms with Gasteiger partial charge in [-0.1, -0.05) is 30.7 Å². The van der Waals surface area contributed by atoms with Crippen LogP contribution < -0.4 is 0 Å². The first-order chi connectivity index (χ1) is 9.08. The lowest BCUT2D eigenvalue weighted by Crippen LogP contribution is -2.47. The molecule has 19 heavy (non-hydrogen) atoms. The van der Waals surface area contributed by atoms with Crippen molar-refractivity contribution in [3.63, 3.8) is 0 Å². The van der Waals surface area contributed by atoms with E-state index in [4.69, 9.17) is 16.3 Å². The summed E-state index contributed by atoms with van der Waals surface area (Å²) >= 11 is 5.86. The maximum Gasteiger partial charge on any atom is 0.0916 e. The Morgan fingerprint density at radius 1 is 1.37 bits per heavy atom. The molecule has 3 unspecified atom stereocenters. The second-order valence-corrected chi connectivity index (χ2v) is 5.70. The highest BCUT2D eigenvalue weighted by molar-refractivity contribution is 6.30. The molecule has 0 spiro atoms.